The molecule has 7 nitrogen and oxygen atoms in total. The lowest BCUT2D eigenvalue weighted by molar-refractivity contribution is -0.133. The van der Waals surface area contributed by atoms with Gasteiger partial charge >= 0.3 is 5.97 Å². The highest BCUT2D eigenvalue weighted by atomic mass is 16.4. The monoisotopic (exact) mass is 158 g/mol. The summed E-state index contributed by atoms with van der Waals surface area (Å²) in [6.07, 6.45) is 0. The van der Waals surface area contributed by atoms with Gasteiger partial charge in [0.05, 0.1) is 0 Å². The van der Waals surface area contributed by atoms with Crippen molar-refractivity contribution >= 4 is 11.9 Å². The Balaban J connectivity index is 2.95. The number of amides is 1. The average Bonchev–Trinajstić information content (AvgIpc) is 2.32. The van der Waals surface area contributed by atoms with E-state index in [1.54, 1.807) is 0 Å². The van der Waals surface area contributed by atoms with Gasteiger partial charge in [0.1, 0.15) is 5.70 Å². The molecule has 11 heavy (non-hydrogen) atoms. The van der Waals surface area contributed by atoms with E-state index in [2.05, 4.69) is 16.4 Å². The fourth-order valence-electron chi connectivity index (χ4n) is 0.626. The summed E-state index contributed by atoms with van der Waals surface area (Å²) in [6, 6.07) is 0. The Bertz CT molecular complexity index is 222. The summed E-state index contributed by atoms with van der Waals surface area (Å²) in [5.41, 5.74) is 11.0. The van der Waals surface area contributed by atoms with E-state index in [4.69, 9.17) is 10.8 Å². The predicted molar refractivity (Wildman–Crippen MR) is 33.3 cm³/mol. The lowest BCUT2D eigenvalue weighted by atomic mass is 10.3. The van der Waals surface area contributed by atoms with E-state index in [1.807, 2.05) is 0 Å². The van der Waals surface area contributed by atoms with Crippen molar-refractivity contribution in [3.8, 4) is 0 Å². The lowest BCUT2D eigenvalue weighted by Crippen LogP contribution is -2.35. The Morgan fingerprint density at radius 2 is 1.82 bits per heavy atom. The summed E-state index contributed by atoms with van der Waals surface area (Å²) in [6.45, 7) is 0. The minimum absolute atomic E-state index is 0.183. The van der Waals surface area contributed by atoms with E-state index < -0.39 is 11.9 Å². The Kier molecular flexibility index (Phi) is 1.65. The van der Waals surface area contributed by atoms with Gasteiger partial charge in [-0.15, -0.1) is 5.53 Å². The maximum atomic E-state index is 10.5. The van der Waals surface area contributed by atoms with Crippen LogP contribution in [-0.4, -0.2) is 17.0 Å². The molecule has 0 saturated carbocycles. The van der Waals surface area contributed by atoms with E-state index in [0.29, 0.717) is 0 Å². The van der Waals surface area contributed by atoms with Crippen LogP contribution in [-0.2, 0) is 9.59 Å². The molecule has 0 fully saturated rings. The SMILES string of the molecule is NC(=O)C1=C(C(=O)O)NNN1. The van der Waals surface area contributed by atoms with Crippen LogP contribution < -0.4 is 22.1 Å². The molecule has 0 saturated heterocycles. The summed E-state index contributed by atoms with van der Waals surface area (Å²) in [4.78, 5) is 20.8. The summed E-state index contributed by atoms with van der Waals surface area (Å²) in [7, 11) is 0. The van der Waals surface area contributed by atoms with Crippen LogP contribution >= 0.6 is 0 Å². The van der Waals surface area contributed by atoms with Crippen molar-refractivity contribution < 1.29 is 14.7 Å². The van der Waals surface area contributed by atoms with Crippen molar-refractivity contribution in [3.63, 3.8) is 0 Å². The largest absolute Gasteiger partial charge is 0.476 e. The second-order valence-electron chi connectivity index (χ2n) is 1.79. The number of carbonyl (C=O) groups is 2. The molecule has 0 atom stereocenters. The minimum Gasteiger partial charge on any atom is -0.476 e. The van der Waals surface area contributed by atoms with Crippen molar-refractivity contribution in [1.29, 1.82) is 0 Å². The number of hydrazine groups is 2. The third kappa shape index (κ3) is 1.22. The summed E-state index contributed by atoms with van der Waals surface area (Å²) < 4.78 is 0. The van der Waals surface area contributed by atoms with Gasteiger partial charge < -0.3 is 10.8 Å². The van der Waals surface area contributed by atoms with Crippen molar-refractivity contribution in [1.82, 2.24) is 16.4 Å². The van der Waals surface area contributed by atoms with Gasteiger partial charge in [-0.25, -0.2) is 4.79 Å². The van der Waals surface area contributed by atoms with Crippen LogP contribution in [0.3, 0.4) is 0 Å². The first-order valence-electron chi connectivity index (χ1n) is 2.67. The molecule has 0 aromatic heterocycles. The van der Waals surface area contributed by atoms with Crippen molar-refractivity contribution in [2.24, 2.45) is 5.73 Å². The molecule has 1 heterocycles. The number of nitrogens with two attached hydrogens (primary N) is 1. The van der Waals surface area contributed by atoms with Crippen LogP contribution in [0.1, 0.15) is 0 Å². The number of carboxylic acid groups (broad SMARTS) is 1. The van der Waals surface area contributed by atoms with E-state index >= 15 is 0 Å². The van der Waals surface area contributed by atoms with Crippen molar-refractivity contribution in [3.05, 3.63) is 11.4 Å². The van der Waals surface area contributed by atoms with Gasteiger partial charge in [0.15, 0.2) is 5.70 Å². The first kappa shape index (κ1) is 7.35. The molecule has 0 radical (unpaired) electrons. The molecule has 1 aliphatic rings. The molecule has 7 heteroatoms. The third-order valence-electron chi connectivity index (χ3n) is 1.09. The molecular formula is C4H6N4O3. The smallest absolute Gasteiger partial charge is 0.355 e. The molecule has 1 amide bonds. The lowest BCUT2D eigenvalue weighted by Gasteiger charge is -1.94. The van der Waals surface area contributed by atoms with Crippen LogP contribution in [0.2, 0.25) is 0 Å². The van der Waals surface area contributed by atoms with E-state index in [1.165, 1.54) is 0 Å². The Labute approximate surface area is 61.2 Å². The fraction of sp³-hybridized carbons (Fsp3) is 0. The van der Waals surface area contributed by atoms with Crippen LogP contribution in [0.25, 0.3) is 0 Å². The van der Waals surface area contributed by atoms with Gasteiger partial charge in [-0.2, -0.15) is 0 Å². The topological polar surface area (TPSA) is 116 Å². The van der Waals surface area contributed by atoms with Gasteiger partial charge in [-0.3, -0.25) is 15.6 Å². The number of rotatable bonds is 2. The van der Waals surface area contributed by atoms with Crippen LogP contribution in [0.15, 0.2) is 11.4 Å². The number of nitrogens with one attached hydrogen (secondary N) is 3. The quantitative estimate of drug-likeness (QED) is 0.300. The predicted octanol–water partition coefficient (Wildman–Crippen LogP) is -2.62. The summed E-state index contributed by atoms with van der Waals surface area (Å²) in [5.74, 6) is -2.09. The van der Waals surface area contributed by atoms with Crippen LogP contribution in [0, 0.1) is 0 Å². The van der Waals surface area contributed by atoms with Gasteiger partial charge in [0.25, 0.3) is 5.91 Å². The molecular weight excluding hydrogens is 152 g/mol. The molecule has 0 unspecified atom stereocenters. The fourth-order valence-corrected chi connectivity index (χ4v) is 0.626. The molecule has 0 spiro atoms. The second-order valence-corrected chi connectivity index (χ2v) is 1.79. The Morgan fingerprint density at radius 3 is 2.18 bits per heavy atom. The van der Waals surface area contributed by atoms with Gasteiger partial charge in [-0.05, 0) is 0 Å². The van der Waals surface area contributed by atoms with Crippen molar-refractivity contribution in [2.45, 2.75) is 0 Å². The highest BCUT2D eigenvalue weighted by Gasteiger charge is 2.22. The number of hydrogen-bond acceptors (Lipinski definition) is 5. The van der Waals surface area contributed by atoms with Gasteiger partial charge in [-0.1, -0.05) is 0 Å². The zero-order chi connectivity index (χ0) is 8.43. The molecule has 0 bridgehead atoms. The Morgan fingerprint density at radius 1 is 1.27 bits per heavy atom. The second kappa shape index (κ2) is 2.46. The van der Waals surface area contributed by atoms with Gasteiger partial charge in [0.2, 0.25) is 0 Å². The summed E-state index contributed by atoms with van der Waals surface area (Å²) >= 11 is 0. The molecule has 60 valence electrons. The van der Waals surface area contributed by atoms with E-state index in [0.717, 1.165) is 0 Å². The number of aliphatic carboxylic acids is 1. The third-order valence-corrected chi connectivity index (χ3v) is 1.09. The summed E-state index contributed by atoms with van der Waals surface area (Å²) in [5, 5.41) is 8.42. The van der Waals surface area contributed by atoms with E-state index in [9.17, 15) is 9.59 Å². The first-order valence-corrected chi connectivity index (χ1v) is 2.67. The maximum Gasteiger partial charge on any atom is 0.355 e. The van der Waals surface area contributed by atoms with Crippen molar-refractivity contribution in [2.75, 3.05) is 0 Å². The number of carboxylic acids is 1. The molecule has 6 N–H and O–H groups in total. The molecule has 1 rings (SSSR count). The molecule has 0 aromatic carbocycles. The highest BCUT2D eigenvalue weighted by Crippen LogP contribution is 1.99. The normalized spacial score (nSPS) is 15.6. The zero-order valence-electron chi connectivity index (χ0n) is 5.34. The minimum atomic E-state index is -1.25. The van der Waals surface area contributed by atoms with Gasteiger partial charge in [0, 0.05) is 0 Å². The molecule has 1 aliphatic heterocycles. The highest BCUT2D eigenvalue weighted by molar-refractivity contribution is 6.00. The maximum absolute atomic E-state index is 10.5. The van der Waals surface area contributed by atoms with Crippen LogP contribution in [0.4, 0.5) is 0 Å². The number of primary amides is 1. The number of hydrogen-bond donors (Lipinski definition) is 5. The Hall–Kier alpha value is -1.76. The zero-order valence-corrected chi connectivity index (χ0v) is 5.34. The van der Waals surface area contributed by atoms with E-state index in [-0.39, 0.29) is 11.4 Å². The van der Waals surface area contributed by atoms with Crippen LogP contribution in [0.5, 0.6) is 0 Å². The molecule has 0 aliphatic carbocycles. The first-order chi connectivity index (χ1) is 5.13. The molecule has 0 aromatic rings. The average molecular weight is 158 g/mol. The number of carbonyl (C=O) groups excluding carboxylic acids is 1. The standard InChI is InChI=1S/C4H6N4O3/c5-3(9)1-2(4(10)11)7-8-6-1/h6-8H,(H2,5,9)(H,10,11).